The molecule has 0 aliphatic carbocycles. The van der Waals surface area contributed by atoms with Crippen LogP contribution in [0, 0.1) is 5.41 Å². The van der Waals surface area contributed by atoms with E-state index in [4.69, 9.17) is 11.1 Å². The molecular weight excluding hydrogens is 424 g/mol. The molecule has 6 heteroatoms. The number of fused-ring (bicyclic) bond motifs is 1. The molecule has 3 aromatic rings. The molecule has 4 rings (SSSR count). The normalized spacial score (nSPS) is 12.7. The fraction of sp³-hybridized carbons (Fsp3) is 0.250. The van der Waals surface area contributed by atoms with Crippen molar-refractivity contribution in [2.75, 3.05) is 16.3 Å². The van der Waals surface area contributed by atoms with Crippen molar-refractivity contribution in [3.63, 3.8) is 0 Å². The number of anilines is 2. The monoisotopic (exact) mass is 454 g/mol. The molecule has 0 fully saturated rings. The van der Waals surface area contributed by atoms with Gasteiger partial charge >= 0.3 is 0 Å². The minimum atomic E-state index is -0.0548. The summed E-state index contributed by atoms with van der Waals surface area (Å²) in [5.74, 6) is 0.0265. The molecule has 0 saturated carbocycles. The summed E-state index contributed by atoms with van der Waals surface area (Å²) < 4.78 is 0. The average molecular weight is 455 g/mol. The molecule has 0 unspecified atom stereocenters. The maximum absolute atomic E-state index is 13.4. The summed E-state index contributed by atoms with van der Waals surface area (Å²) >= 11 is 0. The third-order valence-corrected chi connectivity index (χ3v) is 6.24. The highest BCUT2D eigenvalue weighted by Crippen LogP contribution is 2.38. The molecule has 1 aliphatic heterocycles. The first kappa shape index (κ1) is 23.2. The number of rotatable bonds is 7. The first-order chi connectivity index (χ1) is 16.4. The Morgan fingerprint density at radius 2 is 1.71 bits per heavy atom. The summed E-state index contributed by atoms with van der Waals surface area (Å²) in [7, 11) is 0. The number of amidine groups is 1. The van der Waals surface area contributed by atoms with E-state index in [0.717, 1.165) is 40.9 Å². The van der Waals surface area contributed by atoms with Crippen molar-refractivity contribution in [1.82, 2.24) is 0 Å². The first-order valence-electron chi connectivity index (χ1n) is 11.6. The van der Waals surface area contributed by atoms with Gasteiger partial charge in [-0.2, -0.15) is 0 Å². The molecule has 3 aromatic carbocycles. The van der Waals surface area contributed by atoms with E-state index in [1.807, 2.05) is 71.6 Å². The third-order valence-electron chi connectivity index (χ3n) is 6.24. The van der Waals surface area contributed by atoms with Crippen molar-refractivity contribution in [3.8, 4) is 0 Å². The Bertz CT molecular complexity index is 1190. The fourth-order valence-electron chi connectivity index (χ4n) is 4.47. The molecule has 0 radical (unpaired) electrons. The van der Waals surface area contributed by atoms with Gasteiger partial charge in [-0.25, -0.2) is 0 Å². The van der Waals surface area contributed by atoms with Crippen LogP contribution in [0.5, 0.6) is 0 Å². The van der Waals surface area contributed by atoms with Crippen molar-refractivity contribution in [2.45, 2.75) is 39.2 Å². The average Bonchev–Trinajstić information content (AvgIpc) is 2.86. The zero-order valence-corrected chi connectivity index (χ0v) is 19.5. The van der Waals surface area contributed by atoms with E-state index in [1.165, 1.54) is 0 Å². The highest BCUT2D eigenvalue weighted by atomic mass is 16.2. The summed E-state index contributed by atoms with van der Waals surface area (Å²) in [4.78, 5) is 29.7. The molecular formula is C28H30N4O2. The third kappa shape index (κ3) is 5.17. The Hall–Kier alpha value is -3.93. The number of hydrogen-bond donors (Lipinski definition) is 2. The van der Waals surface area contributed by atoms with E-state index in [-0.39, 0.29) is 17.6 Å². The van der Waals surface area contributed by atoms with Crippen molar-refractivity contribution in [3.05, 3.63) is 95.1 Å². The molecule has 0 atom stereocenters. The standard InChI is InChI=1S/C28H30N4O2/c1-20(33)32(19-22-7-3-2-4-8-22)25-11-5-9-23-10-6-18-31(27(23)25)26(34)17-14-21-12-15-24(16-13-21)28(29)30/h2-5,7-9,11-13,15-16H,6,10,14,17-19H2,1H3,(H3,29,30). The fourth-order valence-corrected chi connectivity index (χ4v) is 4.47. The van der Waals surface area contributed by atoms with Gasteiger partial charge in [0.25, 0.3) is 0 Å². The summed E-state index contributed by atoms with van der Waals surface area (Å²) in [5.41, 5.74) is 11.0. The Labute approximate surface area is 200 Å². The molecule has 0 spiro atoms. The number of para-hydroxylation sites is 1. The number of nitrogens with two attached hydrogens (primary N) is 1. The van der Waals surface area contributed by atoms with Gasteiger partial charge in [-0.05, 0) is 42.0 Å². The lowest BCUT2D eigenvalue weighted by atomic mass is 9.98. The van der Waals surface area contributed by atoms with Crippen molar-refractivity contribution in [1.29, 1.82) is 5.41 Å². The SMILES string of the molecule is CC(=O)N(Cc1ccccc1)c1cccc2c1N(C(=O)CCc1ccc(C(=N)N)cc1)CCC2. The summed E-state index contributed by atoms with van der Waals surface area (Å²) in [6.45, 7) is 2.67. The van der Waals surface area contributed by atoms with Crippen molar-refractivity contribution < 1.29 is 9.59 Å². The number of carbonyl (C=O) groups is 2. The van der Waals surface area contributed by atoms with Gasteiger partial charge < -0.3 is 15.5 Å². The van der Waals surface area contributed by atoms with Crippen molar-refractivity contribution in [2.24, 2.45) is 5.73 Å². The van der Waals surface area contributed by atoms with Gasteiger partial charge in [0.05, 0.1) is 17.9 Å². The topological polar surface area (TPSA) is 90.5 Å². The lowest BCUT2D eigenvalue weighted by Crippen LogP contribution is -2.38. The van der Waals surface area contributed by atoms with Crippen LogP contribution in [0.1, 0.15) is 42.0 Å². The number of aryl methyl sites for hydroxylation is 2. The summed E-state index contributed by atoms with van der Waals surface area (Å²) in [6, 6.07) is 23.3. The molecule has 0 bridgehead atoms. The number of amides is 2. The lowest BCUT2D eigenvalue weighted by molar-refractivity contribution is -0.119. The smallest absolute Gasteiger partial charge is 0.227 e. The Kier molecular flexibility index (Phi) is 7.07. The highest BCUT2D eigenvalue weighted by Gasteiger charge is 2.28. The van der Waals surface area contributed by atoms with Crippen LogP contribution in [-0.2, 0) is 29.0 Å². The van der Waals surface area contributed by atoms with Crippen LogP contribution in [0.3, 0.4) is 0 Å². The number of hydrogen-bond acceptors (Lipinski definition) is 3. The maximum Gasteiger partial charge on any atom is 0.227 e. The molecule has 3 N–H and O–H groups in total. The Morgan fingerprint density at radius 3 is 2.38 bits per heavy atom. The number of nitrogens with one attached hydrogen (secondary N) is 1. The van der Waals surface area contributed by atoms with Crippen LogP contribution in [0.4, 0.5) is 11.4 Å². The van der Waals surface area contributed by atoms with E-state index >= 15 is 0 Å². The first-order valence-corrected chi connectivity index (χ1v) is 11.6. The van der Waals surface area contributed by atoms with Gasteiger partial charge in [-0.15, -0.1) is 0 Å². The largest absolute Gasteiger partial charge is 0.384 e. The van der Waals surface area contributed by atoms with Gasteiger partial charge in [0.1, 0.15) is 5.84 Å². The molecule has 174 valence electrons. The van der Waals surface area contributed by atoms with Crippen LogP contribution >= 0.6 is 0 Å². The number of carbonyl (C=O) groups excluding carboxylic acids is 2. The Balaban J connectivity index is 1.58. The van der Waals surface area contributed by atoms with Gasteiger partial charge in [-0.3, -0.25) is 15.0 Å². The second kappa shape index (κ2) is 10.3. The second-order valence-electron chi connectivity index (χ2n) is 8.64. The molecule has 2 amide bonds. The van der Waals surface area contributed by atoms with Gasteiger partial charge in [0, 0.05) is 25.5 Å². The van der Waals surface area contributed by atoms with E-state index in [9.17, 15) is 9.59 Å². The number of nitrogen functional groups attached to an aromatic ring is 1. The summed E-state index contributed by atoms with van der Waals surface area (Å²) in [6.07, 6.45) is 2.75. The van der Waals surface area contributed by atoms with Gasteiger partial charge in [-0.1, -0.05) is 66.7 Å². The second-order valence-corrected chi connectivity index (χ2v) is 8.64. The molecule has 0 aromatic heterocycles. The van der Waals surface area contributed by atoms with Crippen LogP contribution in [0.25, 0.3) is 0 Å². The Morgan fingerprint density at radius 1 is 0.971 bits per heavy atom. The predicted molar refractivity (Wildman–Crippen MR) is 136 cm³/mol. The zero-order chi connectivity index (χ0) is 24.1. The molecule has 34 heavy (non-hydrogen) atoms. The molecule has 1 aliphatic rings. The summed E-state index contributed by atoms with van der Waals surface area (Å²) in [5, 5.41) is 7.52. The van der Waals surface area contributed by atoms with Crippen molar-refractivity contribution >= 4 is 29.0 Å². The van der Waals surface area contributed by atoms with Gasteiger partial charge in [0.15, 0.2) is 0 Å². The minimum Gasteiger partial charge on any atom is -0.384 e. The highest BCUT2D eigenvalue weighted by molar-refractivity contribution is 6.03. The minimum absolute atomic E-state index is 0.0330. The number of benzene rings is 3. The van der Waals surface area contributed by atoms with E-state index < -0.39 is 0 Å². The zero-order valence-electron chi connectivity index (χ0n) is 19.5. The van der Waals surface area contributed by atoms with E-state index in [0.29, 0.717) is 31.5 Å². The maximum atomic E-state index is 13.4. The molecule has 6 nitrogen and oxygen atoms in total. The van der Waals surface area contributed by atoms with Gasteiger partial charge in [0.2, 0.25) is 11.8 Å². The quantitative estimate of drug-likeness (QED) is 0.409. The van der Waals surface area contributed by atoms with Crippen LogP contribution in [0.2, 0.25) is 0 Å². The van der Waals surface area contributed by atoms with E-state index in [2.05, 4.69) is 6.07 Å². The van der Waals surface area contributed by atoms with Crippen LogP contribution < -0.4 is 15.5 Å². The van der Waals surface area contributed by atoms with Crippen LogP contribution in [0.15, 0.2) is 72.8 Å². The lowest BCUT2D eigenvalue weighted by Gasteiger charge is -2.35. The number of nitrogens with zero attached hydrogens (tertiary/aromatic N) is 2. The van der Waals surface area contributed by atoms with E-state index in [1.54, 1.807) is 11.8 Å². The molecule has 0 saturated heterocycles. The van der Waals surface area contributed by atoms with Crippen LogP contribution in [-0.4, -0.2) is 24.2 Å². The predicted octanol–water partition coefficient (Wildman–Crippen LogP) is 4.44. The molecule has 1 heterocycles.